The smallest absolute Gasteiger partial charge is 0.0772 e. The average Bonchev–Trinajstić information content (AvgIpc) is 2.78. The van der Waals surface area contributed by atoms with E-state index in [2.05, 4.69) is 32.8 Å². The summed E-state index contributed by atoms with van der Waals surface area (Å²) in [6.45, 7) is 4.87. The molecule has 2 aliphatic heterocycles. The summed E-state index contributed by atoms with van der Waals surface area (Å²) in [4.78, 5) is 5.10. The minimum absolute atomic E-state index is 0.610. The average molecular weight is 234 g/mol. The SMILES string of the molecule is CN1CCCCC1CN1CC(n2cccn2)C1. The summed E-state index contributed by atoms with van der Waals surface area (Å²) in [5, 5.41) is 4.31. The third kappa shape index (κ3) is 2.38. The van der Waals surface area contributed by atoms with Crippen molar-refractivity contribution in [2.45, 2.75) is 31.3 Å². The summed E-state index contributed by atoms with van der Waals surface area (Å²) in [5.74, 6) is 0. The van der Waals surface area contributed by atoms with Gasteiger partial charge in [0.15, 0.2) is 0 Å². The summed E-state index contributed by atoms with van der Waals surface area (Å²) < 4.78 is 2.10. The van der Waals surface area contributed by atoms with Crippen molar-refractivity contribution >= 4 is 0 Å². The van der Waals surface area contributed by atoms with Crippen molar-refractivity contribution in [1.29, 1.82) is 0 Å². The van der Waals surface area contributed by atoms with Crippen LogP contribution >= 0.6 is 0 Å². The Labute approximate surface area is 103 Å². The molecule has 17 heavy (non-hydrogen) atoms. The van der Waals surface area contributed by atoms with Crippen LogP contribution in [0, 0.1) is 0 Å². The fourth-order valence-electron chi connectivity index (χ4n) is 3.03. The maximum absolute atomic E-state index is 4.31. The predicted molar refractivity (Wildman–Crippen MR) is 68.0 cm³/mol. The second-order valence-electron chi connectivity index (χ2n) is 5.49. The highest BCUT2D eigenvalue weighted by molar-refractivity contribution is 4.91. The number of rotatable bonds is 3. The van der Waals surface area contributed by atoms with Crippen molar-refractivity contribution in [2.24, 2.45) is 0 Å². The Bertz CT molecular complexity index is 342. The van der Waals surface area contributed by atoms with Crippen LogP contribution in [0.15, 0.2) is 18.5 Å². The molecule has 1 unspecified atom stereocenters. The first kappa shape index (κ1) is 11.2. The highest BCUT2D eigenvalue weighted by atomic mass is 15.4. The lowest BCUT2D eigenvalue weighted by Crippen LogP contribution is -2.53. The molecule has 0 N–H and O–H groups in total. The van der Waals surface area contributed by atoms with Crippen LogP contribution in [0.1, 0.15) is 25.3 Å². The molecule has 0 spiro atoms. The van der Waals surface area contributed by atoms with E-state index >= 15 is 0 Å². The quantitative estimate of drug-likeness (QED) is 0.786. The minimum atomic E-state index is 0.610. The van der Waals surface area contributed by atoms with Gasteiger partial charge in [-0.05, 0) is 32.5 Å². The first-order valence-electron chi connectivity index (χ1n) is 6.74. The minimum Gasteiger partial charge on any atom is -0.302 e. The summed E-state index contributed by atoms with van der Waals surface area (Å²) in [7, 11) is 2.27. The van der Waals surface area contributed by atoms with Crippen LogP contribution in [0.2, 0.25) is 0 Å². The lowest BCUT2D eigenvalue weighted by atomic mass is 10.00. The Kier molecular flexibility index (Phi) is 3.16. The molecule has 1 aromatic heterocycles. The van der Waals surface area contributed by atoms with Gasteiger partial charge in [-0.2, -0.15) is 5.10 Å². The molecule has 3 heterocycles. The van der Waals surface area contributed by atoms with Crippen molar-refractivity contribution in [3.63, 3.8) is 0 Å². The van der Waals surface area contributed by atoms with Crippen molar-refractivity contribution < 1.29 is 0 Å². The van der Waals surface area contributed by atoms with Gasteiger partial charge in [0.2, 0.25) is 0 Å². The molecule has 94 valence electrons. The second-order valence-corrected chi connectivity index (χ2v) is 5.49. The van der Waals surface area contributed by atoms with Gasteiger partial charge in [-0.15, -0.1) is 0 Å². The van der Waals surface area contributed by atoms with Gasteiger partial charge in [-0.25, -0.2) is 0 Å². The zero-order chi connectivity index (χ0) is 11.7. The van der Waals surface area contributed by atoms with E-state index in [9.17, 15) is 0 Å². The van der Waals surface area contributed by atoms with Gasteiger partial charge in [-0.1, -0.05) is 6.42 Å². The van der Waals surface area contributed by atoms with Gasteiger partial charge in [0.25, 0.3) is 0 Å². The molecule has 0 saturated carbocycles. The fraction of sp³-hybridized carbons (Fsp3) is 0.769. The van der Waals surface area contributed by atoms with E-state index in [0.717, 1.165) is 6.04 Å². The Morgan fingerprint density at radius 3 is 2.88 bits per heavy atom. The molecule has 1 aromatic rings. The molecule has 0 aliphatic carbocycles. The van der Waals surface area contributed by atoms with Crippen molar-refractivity contribution in [3.8, 4) is 0 Å². The van der Waals surface area contributed by atoms with E-state index in [4.69, 9.17) is 0 Å². The summed E-state index contributed by atoms with van der Waals surface area (Å²) in [5.41, 5.74) is 0. The molecular formula is C13H22N4. The largest absolute Gasteiger partial charge is 0.302 e. The van der Waals surface area contributed by atoms with Gasteiger partial charge < -0.3 is 4.90 Å². The Morgan fingerprint density at radius 1 is 1.29 bits per heavy atom. The van der Waals surface area contributed by atoms with Gasteiger partial charge in [0.05, 0.1) is 6.04 Å². The molecule has 2 fully saturated rings. The fourth-order valence-corrected chi connectivity index (χ4v) is 3.03. The number of hydrogen-bond donors (Lipinski definition) is 0. The Morgan fingerprint density at radius 2 is 2.18 bits per heavy atom. The van der Waals surface area contributed by atoms with Crippen molar-refractivity contribution in [1.82, 2.24) is 19.6 Å². The molecule has 4 nitrogen and oxygen atoms in total. The predicted octanol–water partition coefficient (Wildman–Crippen LogP) is 1.22. The van der Waals surface area contributed by atoms with E-state index < -0.39 is 0 Å². The number of piperidine rings is 1. The van der Waals surface area contributed by atoms with Crippen LogP contribution in [-0.2, 0) is 0 Å². The van der Waals surface area contributed by atoms with Crippen molar-refractivity contribution in [3.05, 3.63) is 18.5 Å². The standard InChI is InChI=1S/C13H22N4/c1-15-7-3-2-5-12(15)9-16-10-13(11-16)17-8-4-6-14-17/h4,6,8,12-13H,2-3,5,7,9-11H2,1H3. The van der Waals surface area contributed by atoms with E-state index in [1.54, 1.807) is 0 Å². The first-order chi connectivity index (χ1) is 8.33. The maximum atomic E-state index is 4.31. The number of likely N-dealkylation sites (tertiary alicyclic amines) is 2. The van der Waals surface area contributed by atoms with Crippen LogP contribution in [0.5, 0.6) is 0 Å². The molecular weight excluding hydrogens is 212 g/mol. The zero-order valence-corrected chi connectivity index (χ0v) is 10.6. The van der Waals surface area contributed by atoms with Crippen LogP contribution in [0.3, 0.4) is 0 Å². The Hall–Kier alpha value is -0.870. The van der Waals surface area contributed by atoms with Crippen LogP contribution < -0.4 is 0 Å². The molecule has 2 saturated heterocycles. The zero-order valence-electron chi connectivity index (χ0n) is 10.6. The highest BCUT2D eigenvalue weighted by Crippen LogP contribution is 2.23. The summed E-state index contributed by atoms with van der Waals surface area (Å²) >= 11 is 0. The molecule has 1 atom stereocenters. The van der Waals surface area contributed by atoms with E-state index in [-0.39, 0.29) is 0 Å². The molecule has 0 bridgehead atoms. The first-order valence-corrected chi connectivity index (χ1v) is 6.74. The third-order valence-electron chi connectivity index (χ3n) is 4.23. The van der Waals surface area contributed by atoms with Gasteiger partial charge in [-0.3, -0.25) is 9.58 Å². The van der Waals surface area contributed by atoms with Gasteiger partial charge >= 0.3 is 0 Å². The number of likely N-dealkylation sites (N-methyl/N-ethyl adjacent to an activating group) is 1. The number of aromatic nitrogens is 2. The van der Waals surface area contributed by atoms with E-state index in [0.29, 0.717) is 6.04 Å². The topological polar surface area (TPSA) is 24.3 Å². The van der Waals surface area contributed by atoms with Crippen LogP contribution in [-0.4, -0.2) is 58.8 Å². The monoisotopic (exact) mass is 234 g/mol. The van der Waals surface area contributed by atoms with E-state index in [1.165, 1.54) is 45.4 Å². The van der Waals surface area contributed by atoms with Gasteiger partial charge in [0, 0.05) is 38.1 Å². The molecule has 0 aromatic carbocycles. The third-order valence-corrected chi connectivity index (χ3v) is 4.23. The number of hydrogen-bond acceptors (Lipinski definition) is 3. The van der Waals surface area contributed by atoms with Crippen LogP contribution in [0.25, 0.3) is 0 Å². The summed E-state index contributed by atoms with van der Waals surface area (Å²) in [6.07, 6.45) is 8.11. The van der Waals surface area contributed by atoms with Gasteiger partial charge in [0.1, 0.15) is 0 Å². The lowest BCUT2D eigenvalue weighted by Gasteiger charge is -2.43. The summed E-state index contributed by atoms with van der Waals surface area (Å²) in [6, 6.07) is 3.40. The van der Waals surface area contributed by atoms with E-state index in [1.807, 2.05) is 12.3 Å². The molecule has 2 aliphatic rings. The molecule has 0 radical (unpaired) electrons. The molecule has 3 rings (SSSR count). The van der Waals surface area contributed by atoms with Crippen molar-refractivity contribution in [2.75, 3.05) is 33.2 Å². The van der Waals surface area contributed by atoms with Crippen LogP contribution in [0.4, 0.5) is 0 Å². The maximum Gasteiger partial charge on any atom is 0.0772 e. The molecule has 0 amide bonds. The molecule has 4 heteroatoms. The normalized spacial score (nSPS) is 28.2. The number of nitrogens with zero attached hydrogens (tertiary/aromatic N) is 4. The Balaban J connectivity index is 1.46. The second kappa shape index (κ2) is 4.78. The lowest BCUT2D eigenvalue weighted by molar-refractivity contribution is 0.0522. The highest BCUT2D eigenvalue weighted by Gasteiger charge is 2.31.